The summed E-state index contributed by atoms with van der Waals surface area (Å²) in [5.74, 6) is -0.00157. The van der Waals surface area contributed by atoms with Gasteiger partial charge in [0.25, 0.3) is 5.91 Å². The number of anilines is 1. The van der Waals surface area contributed by atoms with Gasteiger partial charge in [0.05, 0.1) is 7.11 Å². The number of carbonyl (C=O) groups excluding carboxylic acids is 2. The molecule has 170 valence electrons. The number of thiocarbonyl (C=S) groups is 1. The molecule has 0 unspecified atom stereocenters. The van der Waals surface area contributed by atoms with Crippen molar-refractivity contribution in [3.05, 3.63) is 66.5 Å². The topological polar surface area (TPSA) is 66.0 Å². The van der Waals surface area contributed by atoms with Gasteiger partial charge in [-0.15, -0.1) is 6.58 Å². The van der Waals surface area contributed by atoms with Crippen molar-refractivity contribution in [2.45, 2.75) is 16.2 Å². The summed E-state index contributed by atoms with van der Waals surface area (Å²) in [6, 6.07) is 9.42. The number of hydrogen-bond donors (Lipinski definition) is 0. The number of likely N-dealkylation sites (tertiary alicyclic amines) is 1. The van der Waals surface area contributed by atoms with Gasteiger partial charge in [0.1, 0.15) is 14.8 Å². The maximum absolute atomic E-state index is 14.4. The number of amides is 2. The number of fused-ring (bicyclic) bond motifs is 3. The molecule has 0 aliphatic carbocycles. The summed E-state index contributed by atoms with van der Waals surface area (Å²) in [6.45, 7) is 4.58. The molecule has 9 heteroatoms. The van der Waals surface area contributed by atoms with Gasteiger partial charge in [0.15, 0.2) is 5.54 Å². The molecule has 7 nitrogen and oxygen atoms in total. The fourth-order valence-electron chi connectivity index (χ4n) is 5.67. The molecule has 4 heterocycles. The van der Waals surface area contributed by atoms with Crippen LogP contribution in [0.25, 0.3) is 0 Å². The summed E-state index contributed by atoms with van der Waals surface area (Å²) in [7, 11) is 5.26. The molecular weight excluding hydrogens is 456 g/mol. The summed E-state index contributed by atoms with van der Waals surface area (Å²) in [5, 5.41) is 0. The Bertz CT molecular complexity index is 1190. The van der Waals surface area contributed by atoms with Crippen LogP contribution in [0.5, 0.6) is 5.75 Å². The SMILES string of the molecule is C=CCN1C(=O)[C@@]2(SC1=S)[C@@H](c1cccnc1)CN(C)[C@]21C(=O)N(C)c2ccc(OC)cc21. The molecule has 3 aliphatic heterocycles. The van der Waals surface area contributed by atoms with Crippen molar-refractivity contribution in [2.24, 2.45) is 0 Å². The van der Waals surface area contributed by atoms with Crippen LogP contribution < -0.4 is 9.64 Å². The molecule has 2 aromatic rings. The van der Waals surface area contributed by atoms with E-state index in [0.717, 1.165) is 16.8 Å². The Morgan fingerprint density at radius 3 is 2.76 bits per heavy atom. The van der Waals surface area contributed by atoms with E-state index in [9.17, 15) is 9.59 Å². The lowest BCUT2D eigenvalue weighted by Gasteiger charge is -2.42. The largest absolute Gasteiger partial charge is 0.497 e. The van der Waals surface area contributed by atoms with Crippen LogP contribution in [0.2, 0.25) is 0 Å². The van der Waals surface area contributed by atoms with Crippen molar-refractivity contribution in [3.8, 4) is 5.75 Å². The van der Waals surface area contributed by atoms with Gasteiger partial charge >= 0.3 is 0 Å². The van der Waals surface area contributed by atoms with E-state index in [1.807, 2.05) is 42.3 Å². The molecule has 2 amide bonds. The van der Waals surface area contributed by atoms with Crippen molar-refractivity contribution >= 4 is 45.8 Å². The number of thioether (sulfide) groups is 1. The van der Waals surface area contributed by atoms with Crippen molar-refractivity contribution in [3.63, 3.8) is 0 Å². The molecular formula is C24H24N4O3S2. The number of ether oxygens (including phenoxy) is 1. The average molecular weight is 481 g/mol. The Labute approximate surface area is 202 Å². The normalized spacial score (nSPS) is 28.9. The van der Waals surface area contributed by atoms with E-state index >= 15 is 0 Å². The second-order valence-electron chi connectivity index (χ2n) is 8.49. The van der Waals surface area contributed by atoms with Crippen molar-refractivity contribution in [1.82, 2.24) is 14.8 Å². The number of benzene rings is 1. The van der Waals surface area contributed by atoms with Gasteiger partial charge < -0.3 is 9.64 Å². The Balaban J connectivity index is 1.84. The van der Waals surface area contributed by atoms with E-state index in [1.54, 1.807) is 42.4 Å². The fraction of sp³-hybridized carbons (Fsp3) is 0.333. The highest BCUT2D eigenvalue weighted by Crippen LogP contribution is 2.66. The minimum atomic E-state index is -1.26. The van der Waals surface area contributed by atoms with Gasteiger partial charge in [-0.25, -0.2) is 0 Å². The number of nitrogens with zero attached hydrogens (tertiary/aromatic N) is 4. The lowest BCUT2D eigenvalue weighted by molar-refractivity contribution is -0.138. The first-order chi connectivity index (χ1) is 15.8. The molecule has 2 fully saturated rings. The predicted molar refractivity (Wildman–Crippen MR) is 133 cm³/mol. The maximum atomic E-state index is 14.4. The molecule has 1 aromatic carbocycles. The maximum Gasteiger partial charge on any atom is 0.254 e. The van der Waals surface area contributed by atoms with Crippen LogP contribution in [0.1, 0.15) is 17.0 Å². The molecule has 0 N–H and O–H groups in total. The van der Waals surface area contributed by atoms with Gasteiger partial charge in [-0.05, 0) is 36.9 Å². The van der Waals surface area contributed by atoms with E-state index in [4.69, 9.17) is 17.0 Å². The number of likely N-dealkylation sites (N-methyl/N-ethyl adjacent to an activating group) is 2. The van der Waals surface area contributed by atoms with Crippen LogP contribution in [-0.2, 0) is 15.1 Å². The van der Waals surface area contributed by atoms with Gasteiger partial charge in [-0.3, -0.25) is 24.4 Å². The lowest BCUT2D eigenvalue weighted by Crippen LogP contribution is -2.62. The van der Waals surface area contributed by atoms with Crippen LogP contribution in [0.3, 0.4) is 0 Å². The average Bonchev–Trinajstić information content (AvgIpc) is 3.33. The minimum absolute atomic E-state index is 0.149. The van der Waals surface area contributed by atoms with Crippen LogP contribution in [0.15, 0.2) is 55.4 Å². The van der Waals surface area contributed by atoms with Gasteiger partial charge in [-0.2, -0.15) is 0 Å². The number of carbonyl (C=O) groups is 2. The number of methoxy groups -OCH3 is 1. The van der Waals surface area contributed by atoms with E-state index in [2.05, 4.69) is 11.6 Å². The highest BCUT2D eigenvalue weighted by Gasteiger charge is 2.78. The molecule has 0 saturated carbocycles. The molecule has 0 radical (unpaired) electrons. The fourth-order valence-corrected chi connectivity index (χ4v) is 7.82. The van der Waals surface area contributed by atoms with Crippen LogP contribution in [0, 0.1) is 0 Å². The van der Waals surface area contributed by atoms with Gasteiger partial charge in [0, 0.05) is 49.7 Å². The molecule has 33 heavy (non-hydrogen) atoms. The van der Waals surface area contributed by atoms with Crippen molar-refractivity contribution in [2.75, 3.05) is 39.2 Å². The summed E-state index contributed by atoms with van der Waals surface area (Å²) in [5.41, 5.74) is 1.17. The number of hydrogen-bond acceptors (Lipinski definition) is 7. The second kappa shape index (κ2) is 7.65. The lowest BCUT2D eigenvalue weighted by atomic mass is 9.72. The number of pyridine rings is 1. The van der Waals surface area contributed by atoms with Gasteiger partial charge in [0.2, 0.25) is 5.91 Å². The van der Waals surface area contributed by atoms with Crippen molar-refractivity contribution in [1.29, 1.82) is 0 Å². The highest BCUT2D eigenvalue weighted by molar-refractivity contribution is 8.25. The molecule has 3 aliphatic rings. The van der Waals surface area contributed by atoms with E-state index < -0.39 is 10.3 Å². The Morgan fingerprint density at radius 1 is 1.30 bits per heavy atom. The zero-order chi connectivity index (χ0) is 23.5. The second-order valence-corrected chi connectivity index (χ2v) is 10.4. The first-order valence-corrected chi connectivity index (χ1v) is 11.8. The quantitative estimate of drug-likeness (QED) is 0.493. The molecule has 0 bridgehead atoms. The highest BCUT2D eigenvalue weighted by atomic mass is 32.2. The molecule has 3 atom stereocenters. The van der Waals surface area contributed by atoms with Crippen molar-refractivity contribution < 1.29 is 14.3 Å². The molecule has 2 spiro atoms. The van der Waals surface area contributed by atoms with E-state index in [-0.39, 0.29) is 17.7 Å². The van der Waals surface area contributed by atoms with E-state index in [1.165, 1.54) is 11.8 Å². The minimum Gasteiger partial charge on any atom is -0.497 e. The number of aromatic nitrogens is 1. The Morgan fingerprint density at radius 2 is 2.09 bits per heavy atom. The third-order valence-corrected chi connectivity index (χ3v) is 9.00. The summed E-state index contributed by atoms with van der Waals surface area (Å²) < 4.78 is 4.77. The molecule has 2 saturated heterocycles. The van der Waals surface area contributed by atoms with Gasteiger partial charge in [-0.1, -0.05) is 36.1 Å². The third-order valence-electron chi connectivity index (χ3n) is 7.06. The Hall–Kier alpha value is -2.75. The smallest absolute Gasteiger partial charge is 0.254 e. The Kier molecular flexibility index (Phi) is 5.11. The van der Waals surface area contributed by atoms with Crippen LogP contribution >= 0.6 is 24.0 Å². The molecule has 5 rings (SSSR count). The zero-order valence-electron chi connectivity index (χ0n) is 18.6. The first-order valence-electron chi connectivity index (χ1n) is 10.6. The standard InChI is InChI=1S/C24H24N4O3S2/c1-5-11-28-21(30)24(33-22(28)32)18(15-7-6-10-25-13-15)14-26(2)23(24)17-12-16(31-4)8-9-19(17)27(3)20(23)29/h5-10,12-13,18H,1,11,14H2,2-4H3/t18-,23-,24+/m1/s1. The van der Waals surface area contributed by atoms with Crippen LogP contribution in [-0.4, -0.2) is 70.0 Å². The summed E-state index contributed by atoms with van der Waals surface area (Å²) in [4.78, 5) is 38.1. The van der Waals surface area contributed by atoms with Crippen LogP contribution in [0.4, 0.5) is 5.69 Å². The predicted octanol–water partition coefficient (Wildman–Crippen LogP) is 2.78. The third kappa shape index (κ3) is 2.61. The number of rotatable bonds is 4. The summed E-state index contributed by atoms with van der Waals surface area (Å²) >= 11 is 7.02. The summed E-state index contributed by atoms with van der Waals surface area (Å²) in [6.07, 6.45) is 5.15. The van der Waals surface area contributed by atoms with E-state index in [0.29, 0.717) is 23.2 Å². The molecule has 1 aromatic heterocycles. The first kappa shape index (κ1) is 22.1. The monoisotopic (exact) mass is 480 g/mol. The zero-order valence-corrected chi connectivity index (χ0v) is 20.3.